The number of hydrogen-bond donors (Lipinski definition) is 0. The van der Waals surface area contributed by atoms with Crippen molar-refractivity contribution >= 4 is 28.2 Å². The van der Waals surface area contributed by atoms with Crippen molar-refractivity contribution in [2.75, 3.05) is 7.11 Å². The molecule has 4 rings (SSSR count). The Morgan fingerprint density at radius 2 is 2.32 bits per heavy atom. The lowest BCUT2D eigenvalue weighted by atomic mass is 10.0. The van der Waals surface area contributed by atoms with Crippen molar-refractivity contribution in [2.24, 2.45) is 0 Å². The predicted molar refractivity (Wildman–Crippen MR) is 96.7 cm³/mol. The fraction of sp³-hybridized carbons (Fsp3) is 0.316. The second-order valence-corrected chi connectivity index (χ2v) is 7.33. The van der Waals surface area contributed by atoms with Gasteiger partial charge in [-0.3, -0.25) is 0 Å². The molecule has 6 heteroatoms. The second-order valence-electron chi connectivity index (χ2n) is 6.30. The fourth-order valence-electron chi connectivity index (χ4n) is 3.67. The van der Waals surface area contributed by atoms with E-state index < -0.39 is 0 Å². The van der Waals surface area contributed by atoms with Gasteiger partial charge in [0, 0.05) is 28.2 Å². The van der Waals surface area contributed by atoms with Gasteiger partial charge in [0.05, 0.1) is 18.9 Å². The number of carbonyl (C=O) groups is 1. The Labute approximate surface area is 149 Å². The van der Waals surface area contributed by atoms with Crippen LogP contribution in [0.3, 0.4) is 0 Å². The summed E-state index contributed by atoms with van der Waals surface area (Å²) in [7, 11) is 1.36. The zero-order chi connectivity index (χ0) is 17.6. The van der Waals surface area contributed by atoms with Crippen molar-refractivity contribution in [3.63, 3.8) is 0 Å². The molecule has 0 amide bonds. The summed E-state index contributed by atoms with van der Waals surface area (Å²) < 4.78 is 7.05. The maximum absolute atomic E-state index is 11.6. The third-order valence-electron chi connectivity index (χ3n) is 4.83. The number of methoxy groups -OCH3 is 1. The fourth-order valence-corrected chi connectivity index (χ4v) is 4.50. The van der Waals surface area contributed by atoms with Gasteiger partial charge in [-0.25, -0.2) is 9.78 Å². The molecule has 2 aromatic heterocycles. The topological polar surface area (TPSA) is 67.9 Å². The first-order chi connectivity index (χ1) is 12.1. The summed E-state index contributed by atoms with van der Waals surface area (Å²) in [5.74, 6) is -0.379. The number of esters is 1. The van der Waals surface area contributed by atoms with Gasteiger partial charge in [-0.05, 0) is 44.4 Å². The van der Waals surface area contributed by atoms with Crippen LogP contribution in [-0.2, 0) is 11.2 Å². The summed E-state index contributed by atoms with van der Waals surface area (Å²) in [5.41, 5.74) is 3.93. The summed E-state index contributed by atoms with van der Waals surface area (Å²) in [5, 5.41) is 11.4. The molecule has 25 heavy (non-hydrogen) atoms. The van der Waals surface area contributed by atoms with E-state index in [1.807, 2.05) is 12.1 Å². The highest BCUT2D eigenvalue weighted by molar-refractivity contribution is 7.16. The zero-order valence-electron chi connectivity index (χ0n) is 14.1. The highest BCUT2D eigenvalue weighted by atomic mass is 32.1. The van der Waals surface area contributed by atoms with Crippen LogP contribution in [-0.4, -0.2) is 22.6 Å². The van der Waals surface area contributed by atoms with E-state index in [-0.39, 0.29) is 5.97 Å². The summed E-state index contributed by atoms with van der Waals surface area (Å²) >= 11 is 1.30. The van der Waals surface area contributed by atoms with E-state index in [1.54, 1.807) is 0 Å². The van der Waals surface area contributed by atoms with E-state index >= 15 is 0 Å². The van der Waals surface area contributed by atoms with Crippen molar-refractivity contribution in [3.05, 3.63) is 40.5 Å². The SMILES string of the molecule is COC(=O)c1cnc(-c2ccc3c(c2)c(C#N)c2n3C(C)CCC2)s1. The average Bonchev–Trinajstić information content (AvgIpc) is 3.23. The van der Waals surface area contributed by atoms with Gasteiger partial charge >= 0.3 is 5.97 Å². The minimum Gasteiger partial charge on any atom is -0.465 e. The summed E-state index contributed by atoms with van der Waals surface area (Å²) in [6.07, 6.45) is 4.74. The first kappa shape index (κ1) is 15.9. The van der Waals surface area contributed by atoms with Gasteiger partial charge in [0.25, 0.3) is 0 Å². The Morgan fingerprint density at radius 3 is 3.08 bits per heavy atom. The van der Waals surface area contributed by atoms with E-state index in [9.17, 15) is 10.1 Å². The van der Waals surface area contributed by atoms with Crippen LogP contribution in [0.1, 0.15) is 46.7 Å². The van der Waals surface area contributed by atoms with Crippen LogP contribution in [0.15, 0.2) is 24.4 Å². The Balaban J connectivity index is 1.87. The molecule has 0 aliphatic carbocycles. The normalized spacial score (nSPS) is 16.4. The van der Waals surface area contributed by atoms with E-state index in [4.69, 9.17) is 4.74 Å². The Hall–Kier alpha value is -2.65. The molecule has 126 valence electrons. The van der Waals surface area contributed by atoms with Crippen LogP contribution in [0.25, 0.3) is 21.5 Å². The molecule has 5 nitrogen and oxygen atoms in total. The number of nitriles is 1. The van der Waals surface area contributed by atoms with Gasteiger partial charge in [-0.2, -0.15) is 5.26 Å². The molecule has 0 saturated heterocycles. The quantitative estimate of drug-likeness (QED) is 0.645. The third-order valence-corrected chi connectivity index (χ3v) is 5.86. The molecule has 0 fully saturated rings. The Morgan fingerprint density at radius 1 is 1.48 bits per heavy atom. The predicted octanol–water partition coefficient (Wildman–Crippen LogP) is 4.32. The molecule has 0 N–H and O–H groups in total. The number of rotatable bonds is 2. The number of fused-ring (bicyclic) bond motifs is 3. The Bertz CT molecular complexity index is 1030. The minimum atomic E-state index is -0.379. The summed E-state index contributed by atoms with van der Waals surface area (Å²) in [4.78, 5) is 16.5. The van der Waals surface area contributed by atoms with Gasteiger partial charge in [-0.15, -0.1) is 11.3 Å². The first-order valence-electron chi connectivity index (χ1n) is 8.25. The standard InChI is InChI=1S/C19H17N3O2S/c1-11-4-3-5-15-14(9-20)13-8-12(6-7-16(13)22(11)15)18-21-10-17(25-18)19(23)24-2/h6-8,10-11H,3-5H2,1-2H3. The van der Waals surface area contributed by atoms with Crippen molar-refractivity contribution in [3.8, 4) is 16.6 Å². The van der Waals surface area contributed by atoms with Crippen molar-refractivity contribution in [2.45, 2.75) is 32.2 Å². The highest BCUT2D eigenvalue weighted by Gasteiger charge is 2.24. The van der Waals surface area contributed by atoms with Gasteiger partial charge in [-0.1, -0.05) is 0 Å². The van der Waals surface area contributed by atoms with Crippen LogP contribution < -0.4 is 0 Å². The first-order valence-corrected chi connectivity index (χ1v) is 9.07. The number of nitrogens with zero attached hydrogens (tertiary/aromatic N) is 3. The second kappa shape index (κ2) is 6.01. The number of benzene rings is 1. The molecule has 3 aromatic rings. The number of thiazole rings is 1. The maximum atomic E-state index is 11.6. The van der Waals surface area contributed by atoms with Crippen LogP contribution in [0.2, 0.25) is 0 Å². The lowest BCUT2D eigenvalue weighted by Gasteiger charge is -2.23. The molecule has 0 saturated carbocycles. The lowest BCUT2D eigenvalue weighted by molar-refractivity contribution is 0.0606. The molecule has 1 aliphatic rings. The van der Waals surface area contributed by atoms with Gasteiger partial charge in [0.15, 0.2) is 0 Å². The van der Waals surface area contributed by atoms with E-state index in [2.05, 4.69) is 28.6 Å². The molecule has 1 unspecified atom stereocenters. The summed E-state index contributed by atoms with van der Waals surface area (Å²) in [6.45, 7) is 2.21. The van der Waals surface area contributed by atoms with Crippen LogP contribution >= 0.6 is 11.3 Å². The zero-order valence-corrected chi connectivity index (χ0v) is 14.9. The molecule has 1 aliphatic heterocycles. The average molecular weight is 351 g/mol. The van der Waals surface area contributed by atoms with Gasteiger partial charge in [0.1, 0.15) is 16.0 Å². The lowest BCUT2D eigenvalue weighted by Crippen LogP contribution is -2.14. The minimum absolute atomic E-state index is 0.379. The van der Waals surface area contributed by atoms with Crippen molar-refractivity contribution < 1.29 is 9.53 Å². The molecule has 1 atom stereocenters. The number of hydrogen-bond acceptors (Lipinski definition) is 5. The molecule has 0 bridgehead atoms. The third kappa shape index (κ3) is 2.43. The van der Waals surface area contributed by atoms with Crippen molar-refractivity contribution in [1.29, 1.82) is 5.26 Å². The molecule has 1 aromatic carbocycles. The highest BCUT2D eigenvalue weighted by Crippen LogP contribution is 2.37. The van der Waals surface area contributed by atoms with E-state index in [0.717, 1.165) is 52.0 Å². The van der Waals surface area contributed by atoms with E-state index in [1.165, 1.54) is 24.6 Å². The molecule has 0 spiro atoms. The molecular weight excluding hydrogens is 334 g/mol. The molecule has 0 radical (unpaired) electrons. The monoisotopic (exact) mass is 351 g/mol. The molecule has 3 heterocycles. The van der Waals surface area contributed by atoms with Gasteiger partial charge < -0.3 is 9.30 Å². The van der Waals surface area contributed by atoms with Crippen LogP contribution in [0, 0.1) is 11.3 Å². The number of aromatic nitrogens is 2. The summed E-state index contributed by atoms with van der Waals surface area (Å²) in [6, 6.07) is 8.90. The van der Waals surface area contributed by atoms with Crippen LogP contribution in [0.5, 0.6) is 0 Å². The number of ether oxygens (including phenoxy) is 1. The molecular formula is C19H17N3O2S. The largest absolute Gasteiger partial charge is 0.465 e. The maximum Gasteiger partial charge on any atom is 0.349 e. The smallest absolute Gasteiger partial charge is 0.349 e. The van der Waals surface area contributed by atoms with Gasteiger partial charge in [0.2, 0.25) is 0 Å². The van der Waals surface area contributed by atoms with Crippen LogP contribution in [0.4, 0.5) is 0 Å². The van der Waals surface area contributed by atoms with E-state index in [0.29, 0.717) is 10.9 Å². The van der Waals surface area contributed by atoms with Crippen molar-refractivity contribution in [1.82, 2.24) is 9.55 Å². The number of carbonyl (C=O) groups excluding carboxylic acids is 1. The Kier molecular flexibility index (Phi) is 3.81.